The first-order valence-electron chi connectivity index (χ1n) is 8.43. The number of nitrogens with one attached hydrogen (secondary N) is 1. The summed E-state index contributed by atoms with van der Waals surface area (Å²) in [5.41, 5.74) is 0.413. The molecule has 1 aliphatic rings. The van der Waals surface area contributed by atoms with E-state index >= 15 is 0 Å². The summed E-state index contributed by atoms with van der Waals surface area (Å²) in [6.45, 7) is 0. The van der Waals surface area contributed by atoms with E-state index in [4.69, 9.17) is 21.7 Å². The molecule has 0 bridgehead atoms. The molecule has 2 N–H and O–H groups in total. The number of methoxy groups -OCH3 is 2. The second kappa shape index (κ2) is 8.64. The molecule has 2 aromatic carbocycles. The van der Waals surface area contributed by atoms with Crippen LogP contribution in [-0.2, 0) is 9.59 Å². The zero-order valence-electron chi connectivity index (χ0n) is 15.8. The molecular formula is C20H15BrN2O6S. The van der Waals surface area contributed by atoms with Gasteiger partial charge in [-0.05, 0) is 48.6 Å². The van der Waals surface area contributed by atoms with Gasteiger partial charge in [0.25, 0.3) is 11.8 Å². The van der Waals surface area contributed by atoms with Crippen LogP contribution in [0.1, 0.15) is 15.9 Å². The number of anilines is 1. The molecule has 2 amide bonds. The minimum atomic E-state index is -1.15. The van der Waals surface area contributed by atoms with Gasteiger partial charge in [-0.25, -0.2) is 4.79 Å². The number of rotatable bonds is 5. The number of carboxylic acids is 1. The lowest BCUT2D eigenvalue weighted by Crippen LogP contribution is -2.54. The molecule has 10 heteroatoms. The summed E-state index contributed by atoms with van der Waals surface area (Å²) in [6, 6.07) is 9.03. The van der Waals surface area contributed by atoms with Crippen LogP contribution in [-0.4, -0.2) is 42.2 Å². The molecule has 1 saturated heterocycles. The van der Waals surface area contributed by atoms with Gasteiger partial charge in [-0.3, -0.25) is 19.8 Å². The molecule has 0 saturated carbocycles. The highest BCUT2D eigenvalue weighted by Crippen LogP contribution is 2.36. The van der Waals surface area contributed by atoms with Crippen LogP contribution in [0, 0.1) is 0 Å². The molecule has 0 spiro atoms. The third-order valence-electron chi connectivity index (χ3n) is 4.23. The van der Waals surface area contributed by atoms with Crippen molar-refractivity contribution in [2.45, 2.75) is 0 Å². The van der Waals surface area contributed by atoms with E-state index in [0.29, 0.717) is 21.5 Å². The lowest BCUT2D eigenvalue weighted by molar-refractivity contribution is -0.122. The number of carbonyl (C=O) groups is 3. The fourth-order valence-electron chi connectivity index (χ4n) is 2.89. The number of carboxylic acid groups (broad SMARTS) is 1. The highest BCUT2D eigenvalue weighted by molar-refractivity contribution is 9.10. The standard InChI is InChI=1S/C20H15BrN2O6S/c1-28-15-9-12(21)6-11(16(15)29-2)8-14-17(24)22-20(30)23(18(14)25)13-5-3-4-10(7-13)19(26)27/h3-9H,1-2H3,(H,26,27)(H,22,24,30). The van der Waals surface area contributed by atoms with Crippen molar-refractivity contribution in [2.24, 2.45) is 0 Å². The SMILES string of the molecule is COc1cc(Br)cc(C=C2C(=O)NC(=S)N(c3cccc(C(=O)O)c3)C2=O)c1OC. The predicted octanol–water partition coefficient (Wildman–Crippen LogP) is 3.00. The summed E-state index contributed by atoms with van der Waals surface area (Å²) in [5, 5.41) is 11.5. The Morgan fingerprint density at radius 2 is 1.93 bits per heavy atom. The molecule has 0 radical (unpaired) electrons. The van der Waals surface area contributed by atoms with Crippen LogP contribution in [0.4, 0.5) is 5.69 Å². The number of carbonyl (C=O) groups excluding carboxylic acids is 2. The van der Waals surface area contributed by atoms with E-state index < -0.39 is 17.8 Å². The Morgan fingerprint density at radius 3 is 2.57 bits per heavy atom. The summed E-state index contributed by atoms with van der Waals surface area (Å²) < 4.78 is 11.3. The number of nitrogens with zero attached hydrogens (tertiary/aromatic N) is 1. The second-order valence-corrected chi connectivity index (χ2v) is 7.35. The van der Waals surface area contributed by atoms with Crippen molar-refractivity contribution >= 4 is 62.8 Å². The van der Waals surface area contributed by atoms with Crippen molar-refractivity contribution in [3.63, 3.8) is 0 Å². The first kappa shape index (κ1) is 21.5. The van der Waals surface area contributed by atoms with E-state index in [2.05, 4.69) is 21.2 Å². The molecule has 1 heterocycles. The summed E-state index contributed by atoms with van der Waals surface area (Å²) in [6.07, 6.45) is 1.36. The summed E-state index contributed by atoms with van der Waals surface area (Å²) in [5.74, 6) is -1.80. The molecule has 0 aromatic heterocycles. The highest BCUT2D eigenvalue weighted by atomic mass is 79.9. The zero-order valence-corrected chi connectivity index (χ0v) is 18.2. The normalized spacial score (nSPS) is 15.2. The Kier molecular flexibility index (Phi) is 6.18. The van der Waals surface area contributed by atoms with Crippen molar-refractivity contribution in [1.82, 2.24) is 5.32 Å². The third kappa shape index (κ3) is 4.05. The maximum absolute atomic E-state index is 13.1. The topological polar surface area (TPSA) is 105 Å². The average Bonchev–Trinajstić information content (AvgIpc) is 2.70. The Morgan fingerprint density at radius 1 is 1.20 bits per heavy atom. The Bertz CT molecular complexity index is 1110. The van der Waals surface area contributed by atoms with Crippen molar-refractivity contribution in [2.75, 3.05) is 19.1 Å². The number of amides is 2. The second-order valence-electron chi connectivity index (χ2n) is 6.04. The van der Waals surface area contributed by atoms with Gasteiger partial charge in [0.2, 0.25) is 0 Å². The Labute approximate surface area is 185 Å². The van der Waals surface area contributed by atoms with Crippen molar-refractivity contribution < 1.29 is 29.0 Å². The number of halogens is 1. The Balaban J connectivity index is 2.11. The quantitative estimate of drug-likeness (QED) is 0.377. The number of aromatic carboxylic acids is 1. The maximum atomic E-state index is 13.1. The molecular weight excluding hydrogens is 476 g/mol. The molecule has 3 rings (SSSR count). The van der Waals surface area contributed by atoms with Crippen LogP contribution < -0.4 is 19.7 Å². The van der Waals surface area contributed by atoms with Crippen LogP contribution in [0.3, 0.4) is 0 Å². The predicted molar refractivity (Wildman–Crippen MR) is 117 cm³/mol. The van der Waals surface area contributed by atoms with Crippen LogP contribution in [0.25, 0.3) is 6.08 Å². The average molecular weight is 491 g/mol. The largest absolute Gasteiger partial charge is 0.493 e. The van der Waals surface area contributed by atoms with Crippen molar-refractivity contribution in [3.05, 3.63) is 57.6 Å². The van der Waals surface area contributed by atoms with Gasteiger partial charge in [-0.15, -0.1) is 0 Å². The molecule has 0 unspecified atom stereocenters. The Hall–Kier alpha value is -3.24. The van der Waals surface area contributed by atoms with Crippen molar-refractivity contribution in [1.29, 1.82) is 0 Å². The monoisotopic (exact) mass is 490 g/mol. The zero-order chi connectivity index (χ0) is 22.0. The highest BCUT2D eigenvalue weighted by Gasteiger charge is 2.35. The van der Waals surface area contributed by atoms with E-state index in [0.717, 1.165) is 4.90 Å². The van der Waals surface area contributed by atoms with Gasteiger partial charge in [0.05, 0.1) is 25.5 Å². The van der Waals surface area contributed by atoms with Gasteiger partial charge in [0.15, 0.2) is 16.6 Å². The summed E-state index contributed by atoms with van der Waals surface area (Å²) in [7, 11) is 2.91. The van der Waals surface area contributed by atoms with Gasteiger partial charge in [-0.2, -0.15) is 0 Å². The molecule has 0 aliphatic carbocycles. The van der Waals surface area contributed by atoms with E-state index in [1.165, 1.54) is 44.6 Å². The van der Waals surface area contributed by atoms with Gasteiger partial charge in [-0.1, -0.05) is 22.0 Å². The lowest BCUT2D eigenvalue weighted by Gasteiger charge is -2.29. The maximum Gasteiger partial charge on any atom is 0.335 e. The van der Waals surface area contributed by atoms with Gasteiger partial charge >= 0.3 is 5.97 Å². The number of thiocarbonyl (C=S) groups is 1. The smallest absolute Gasteiger partial charge is 0.335 e. The molecule has 2 aromatic rings. The van der Waals surface area contributed by atoms with E-state index in [1.54, 1.807) is 12.1 Å². The molecule has 1 fully saturated rings. The fourth-order valence-corrected chi connectivity index (χ4v) is 3.63. The van der Waals surface area contributed by atoms with E-state index in [1.807, 2.05) is 0 Å². The number of hydrogen-bond acceptors (Lipinski definition) is 6. The summed E-state index contributed by atoms with van der Waals surface area (Å²) in [4.78, 5) is 38.0. The van der Waals surface area contributed by atoms with Crippen molar-refractivity contribution in [3.8, 4) is 11.5 Å². The number of benzene rings is 2. The van der Waals surface area contributed by atoms with Crippen LogP contribution >= 0.6 is 28.1 Å². The molecule has 0 atom stereocenters. The number of hydrogen-bond donors (Lipinski definition) is 2. The molecule has 154 valence electrons. The van der Waals surface area contributed by atoms with Crippen LogP contribution in [0.2, 0.25) is 0 Å². The third-order valence-corrected chi connectivity index (χ3v) is 4.97. The fraction of sp³-hybridized carbons (Fsp3) is 0.100. The molecule has 1 aliphatic heterocycles. The van der Waals surface area contributed by atoms with Gasteiger partial charge < -0.3 is 14.6 Å². The van der Waals surface area contributed by atoms with Crippen LogP contribution in [0.5, 0.6) is 11.5 Å². The lowest BCUT2D eigenvalue weighted by atomic mass is 10.1. The van der Waals surface area contributed by atoms with Gasteiger partial charge in [0, 0.05) is 10.0 Å². The first-order valence-corrected chi connectivity index (χ1v) is 9.63. The van der Waals surface area contributed by atoms with E-state index in [9.17, 15) is 19.5 Å². The minimum absolute atomic E-state index is 0.0241. The minimum Gasteiger partial charge on any atom is -0.493 e. The summed E-state index contributed by atoms with van der Waals surface area (Å²) >= 11 is 8.50. The molecule has 8 nitrogen and oxygen atoms in total. The number of ether oxygens (including phenoxy) is 2. The molecule has 30 heavy (non-hydrogen) atoms. The first-order chi connectivity index (χ1) is 14.3. The van der Waals surface area contributed by atoms with E-state index in [-0.39, 0.29) is 21.9 Å². The van der Waals surface area contributed by atoms with Gasteiger partial charge in [0.1, 0.15) is 5.57 Å². The van der Waals surface area contributed by atoms with Crippen LogP contribution in [0.15, 0.2) is 46.4 Å².